The molecule has 0 rings (SSSR count). The Morgan fingerprint density at radius 1 is 0.862 bits per heavy atom. The first-order chi connectivity index (χ1) is 13.4. The van der Waals surface area contributed by atoms with Crippen molar-refractivity contribution in [2.45, 2.75) is 19.3 Å². The van der Waals surface area contributed by atoms with E-state index >= 15 is 0 Å². The lowest BCUT2D eigenvalue weighted by molar-refractivity contribution is 0.584. The van der Waals surface area contributed by atoms with E-state index in [0.29, 0.717) is 31.7 Å². The maximum Gasteiger partial charge on any atom is 0.211 e. The van der Waals surface area contributed by atoms with Crippen molar-refractivity contribution in [1.82, 2.24) is 14.2 Å². The SMILES string of the molecule is CNS(=O)(=O)CCCCl.CNS(=O)(=O)CCCN.CNS(=O)(=O)CCCN=[N+]=[N-].[HH]. The van der Waals surface area contributed by atoms with Crippen molar-refractivity contribution in [2.75, 3.05) is 57.4 Å². The summed E-state index contributed by atoms with van der Waals surface area (Å²) in [7, 11) is -5.02. The van der Waals surface area contributed by atoms with Gasteiger partial charge in [0.05, 0.1) is 17.3 Å². The molecule has 0 radical (unpaired) electrons. The smallest absolute Gasteiger partial charge is 0.211 e. The van der Waals surface area contributed by atoms with Crippen LogP contribution in [0.4, 0.5) is 0 Å². The van der Waals surface area contributed by atoms with Crippen LogP contribution in [0, 0.1) is 0 Å². The summed E-state index contributed by atoms with van der Waals surface area (Å²) in [5.74, 6) is 0.635. The number of hydrogen-bond donors (Lipinski definition) is 4. The Hall–Kier alpha value is -0.710. The number of rotatable bonds is 13. The van der Waals surface area contributed by atoms with Gasteiger partial charge in [0, 0.05) is 18.8 Å². The van der Waals surface area contributed by atoms with Crippen LogP contribution >= 0.6 is 11.6 Å². The van der Waals surface area contributed by atoms with E-state index in [1.165, 1.54) is 21.1 Å². The summed E-state index contributed by atoms with van der Waals surface area (Å²) in [6, 6.07) is 0. The van der Waals surface area contributed by atoms with E-state index in [9.17, 15) is 25.3 Å². The Balaban J connectivity index is -0.000000167. The van der Waals surface area contributed by atoms with Crippen molar-refractivity contribution in [3.63, 3.8) is 0 Å². The second-order valence-electron chi connectivity index (χ2n) is 5.06. The summed E-state index contributed by atoms with van der Waals surface area (Å²) in [5.41, 5.74) is 12.9. The fourth-order valence-electron chi connectivity index (χ4n) is 1.19. The molecule has 0 saturated heterocycles. The van der Waals surface area contributed by atoms with Crippen molar-refractivity contribution >= 4 is 41.7 Å². The molecule has 0 aromatic heterocycles. The minimum atomic E-state index is -3.13. The van der Waals surface area contributed by atoms with Crippen LogP contribution in [0.3, 0.4) is 0 Å². The predicted molar refractivity (Wildman–Crippen MR) is 118 cm³/mol. The fraction of sp³-hybridized carbons (Fsp3) is 1.00. The maximum absolute atomic E-state index is 10.7. The number of nitrogens with one attached hydrogen (secondary N) is 3. The zero-order valence-electron chi connectivity index (χ0n) is 16.8. The molecule has 0 unspecified atom stereocenters. The van der Waals surface area contributed by atoms with E-state index in [1.54, 1.807) is 0 Å². The zero-order valence-corrected chi connectivity index (χ0v) is 20.0. The summed E-state index contributed by atoms with van der Waals surface area (Å²) in [6.45, 7) is 0.637. The summed E-state index contributed by atoms with van der Waals surface area (Å²) in [6.07, 6.45) is 1.38. The lowest BCUT2D eigenvalue weighted by atomic mass is 10.5. The Morgan fingerprint density at radius 3 is 1.55 bits per heavy atom. The van der Waals surface area contributed by atoms with Gasteiger partial charge in [-0.1, -0.05) is 5.11 Å². The molecule has 0 heterocycles. The predicted octanol–water partition coefficient (Wildman–Crippen LogP) is -0.469. The molecule has 13 nitrogen and oxygen atoms in total. The third-order valence-corrected chi connectivity index (χ3v) is 7.44. The molecule has 0 fully saturated rings. The van der Waals surface area contributed by atoms with Crippen molar-refractivity contribution in [3.8, 4) is 0 Å². The van der Waals surface area contributed by atoms with Gasteiger partial charge in [0.25, 0.3) is 0 Å². The van der Waals surface area contributed by atoms with E-state index in [0.717, 1.165) is 0 Å². The van der Waals surface area contributed by atoms with Gasteiger partial charge in [0.1, 0.15) is 0 Å². The van der Waals surface area contributed by atoms with Gasteiger partial charge in [-0.3, -0.25) is 0 Å². The molecule has 0 aromatic carbocycles. The van der Waals surface area contributed by atoms with Gasteiger partial charge < -0.3 is 5.73 Å². The minimum absolute atomic E-state index is 0. The Bertz CT molecular complexity index is 721. The highest BCUT2D eigenvalue weighted by atomic mass is 35.5. The minimum Gasteiger partial charge on any atom is -0.330 e. The second-order valence-corrected chi connectivity index (χ2v) is 11.6. The third kappa shape index (κ3) is 27.3. The van der Waals surface area contributed by atoms with Crippen LogP contribution in [0.2, 0.25) is 0 Å². The molecule has 0 atom stereocenters. The number of sulfonamides is 3. The number of hydrogen-bond acceptors (Lipinski definition) is 8. The molecular formula is C12H34ClN7O6S3. The Labute approximate surface area is 180 Å². The molecule has 0 bridgehead atoms. The quantitative estimate of drug-likeness (QED) is 0.0850. The topological polar surface area (TPSA) is 213 Å². The van der Waals surface area contributed by atoms with Gasteiger partial charge in [0.2, 0.25) is 30.1 Å². The number of alkyl halides is 1. The first-order valence-electron chi connectivity index (χ1n) is 8.37. The van der Waals surface area contributed by atoms with Crippen molar-refractivity contribution in [2.24, 2.45) is 10.8 Å². The standard InChI is InChI=1S/C4H10ClNO2S.C4H10N4O2S.C4H12N2O2S.H2/c1-6-9(7,8)4-2-3-5;1-6-11(9,10)4-2-3-7-8-5;1-6-9(7,8)4-2-3-5;/h6H,2-4H2,1H3;6H,2-4H2,1H3;6H,2-5H2,1H3;1H. The van der Waals surface area contributed by atoms with Crippen LogP contribution in [-0.4, -0.2) is 82.6 Å². The van der Waals surface area contributed by atoms with E-state index in [1.807, 2.05) is 0 Å². The fourth-order valence-corrected chi connectivity index (χ4v) is 3.68. The largest absolute Gasteiger partial charge is 0.330 e. The van der Waals surface area contributed by atoms with Crippen molar-refractivity contribution in [3.05, 3.63) is 10.4 Å². The first-order valence-corrected chi connectivity index (χ1v) is 13.9. The summed E-state index contributed by atoms with van der Waals surface area (Å²) in [4.78, 5) is 2.49. The molecule has 17 heteroatoms. The molecule has 0 aromatic rings. The van der Waals surface area contributed by atoms with Gasteiger partial charge in [-0.25, -0.2) is 39.4 Å². The average Bonchev–Trinajstić information content (AvgIpc) is 2.69. The van der Waals surface area contributed by atoms with E-state index < -0.39 is 30.1 Å². The van der Waals surface area contributed by atoms with Crippen LogP contribution in [-0.2, 0) is 30.1 Å². The zero-order chi connectivity index (χ0) is 23.4. The number of nitrogens with two attached hydrogens (primary N) is 1. The molecule has 0 aliphatic heterocycles. The van der Waals surface area contributed by atoms with Crippen molar-refractivity contribution in [1.29, 1.82) is 0 Å². The number of halogens is 1. The molecule has 5 N–H and O–H groups in total. The van der Waals surface area contributed by atoms with E-state index in [2.05, 4.69) is 24.2 Å². The van der Waals surface area contributed by atoms with Crippen molar-refractivity contribution < 1.29 is 26.7 Å². The van der Waals surface area contributed by atoms with Crippen LogP contribution in [0.1, 0.15) is 20.7 Å². The van der Waals surface area contributed by atoms with Crippen LogP contribution in [0.5, 0.6) is 0 Å². The van der Waals surface area contributed by atoms with Gasteiger partial charge >= 0.3 is 0 Å². The second kappa shape index (κ2) is 19.3. The highest BCUT2D eigenvalue weighted by Gasteiger charge is 2.05. The summed E-state index contributed by atoms with van der Waals surface area (Å²) >= 11 is 5.27. The Morgan fingerprint density at radius 2 is 1.24 bits per heavy atom. The summed E-state index contributed by atoms with van der Waals surface area (Å²) < 4.78 is 70.3. The van der Waals surface area contributed by atoms with Gasteiger partial charge in [0.15, 0.2) is 0 Å². The molecule has 0 spiro atoms. The van der Waals surface area contributed by atoms with Gasteiger partial charge in [-0.05, 0) is 52.5 Å². The molecule has 178 valence electrons. The van der Waals surface area contributed by atoms with Crippen LogP contribution < -0.4 is 19.9 Å². The molecule has 0 aliphatic carbocycles. The number of azide groups is 1. The van der Waals surface area contributed by atoms with Gasteiger partial charge in [-0.15, -0.1) is 11.6 Å². The molecule has 29 heavy (non-hydrogen) atoms. The maximum atomic E-state index is 10.7. The molecular weight excluding hydrogens is 470 g/mol. The Kier molecular flexibility index (Phi) is 21.9. The highest BCUT2D eigenvalue weighted by molar-refractivity contribution is 7.89. The van der Waals surface area contributed by atoms with Gasteiger partial charge in [-0.2, -0.15) is 0 Å². The molecule has 0 aliphatic rings. The lowest BCUT2D eigenvalue weighted by Gasteiger charge is -1.97. The third-order valence-electron chi connectivity index (χ3n) is 2.83. The van der Waals surface area contributed by atoms with E-state index in [4.69, 9.17) is 22.9 Å². The highest BCUT2D eigenvalue weighted by Crippen LogP contribution is 1.90. The average molecular weight is 504 g/mol. The lowest BCUT2D eigenvalue weighted by Crippen LogP contribution is -2.23. The van der Waals surface area contributed by atoms with Crippen LogP contribution in [0.25, 0.3) is 10.4 Å². The monoisotopic (exact) mass is 503 g/mol. The number of nitrogens with zero attached hydrogens (tertiary/aromatic N) is 3. The summed E-state index contributed by atoms with van der Waals surface area (Å²) in [5, 5.41) is 3.20. The van der Waals surface area contributed by atoms with Crippen LogP contribution in [0.15, 0.2) is 5.11 Å². The first kappa shape index (κ1) is 32.9. The molecule has 0 saturated carbocycles. The molecule has 0 amide bonds. The normalized spacial score (nSPS) is 11.3. The van der Waals surface area contributed by atoms with E-state index in [-0.39, 0.29) is 25.2 Å².